The summed E-state index contributed by atoms with van der Waals surface area (Å²) in [6, 6.07) is 0. The molecule has 0 amide bonds. The third-order valence-electron chi connectivity index (χ3n) is 3.08. The van der Waals surface area contributed by atoms with Crippen molar-refractivity contribution in [1.29, 1.82) is 0 Å². The van der Waals surface area contributed by atoms with E-state index in [-0.39, 0.29) is 5.92 Å². The SMILES string of the molecule is Cc1cn2c3c(sc2n1)CCCC3C(=O)O. The van der Waals surface area contributed by atoms with Crippen LogP contribution in [0.1, 0.15) is 35.0 Å². The number of carboxylic acid groups (broad SMARTS) is 1. The fraction of sp³-hybridized carbons (Fsp3) is 0.455. The molecule has 84 valence electrons. The molecule has 1 N–H and O–H groups in total. The van der Waals surface area contributed by atoms with Crippen LogP contribution in [0.4, 0.5) is 0 Å². The maximum absolute atomic E-state index is 11.2. The number of imidazole rings is 1. The molecule has 0 saturated carbocycles. The summed E-state index contributed by atoms with van der Waals surface area (Å²) < 4.78 is 1.97. The van der Waals surface area contributed by atoms with E-state index in [9.17, 15) is 9.90 Å². The lowest BCUT2D eigenvalue weighted by Gasteiger charge is -2.18. The Balaban J connectivity index is 2.26. The van der Waals surface area contributed by atoms with Crippen molar-refractivity contribution in [2.45, 2.75) is 32.1 Å². The van der Waals surface area contributed by atoms with Gasteiger partial charge in [-0.1, -0.05) is 0 Å². The molecule has 0 saturated heterocycles. The molecule has 0 aromatic carbocycles. The van der Waals surface area contributed by atoms with Crippen molar-refractivity contribution in [1.82, 2.24) is 9.38 Å². The normalized spacial score (nSPS) is 19.9. The van der Waals surface area contributed by atoms with Gasteiger partial charge in [-0.15, -0.1) is 11.3 Å². The van der Waals surface area contributed by atoms with Crippen LogP contribution in [0.15, 0.2) is 6.20 Å². The van der Waals surface area contributed by atoms with Crippen LogP contribution in [0.5, 0.6) is 0 Å². The maximum Gasteiger partial charge on any atom is 0.312 e. The average Bonchev–Trinajstić information content (AvgIpc) is 2.72. The van der Waals surface area contributed by atoms with E-state index >= 15 is 0 Å². The van der Waals surface area contributed by atoms with Gasteiger partial charge in [0, 0.05) is 11.1 Å². The molecule has 3 rings (SSSR count). The quantitative estimate of drug-likeness (QED) is 0.826. The third kappa shape index (κ3) is 1.28. The summed E-state index contributed by atoms with van der Waals surface area (Å²) in [6.45, 7) is 1.94. The van der Waals surface area contributed by atoms with Crippen molar-refractivity contribution in [2.24, 2.45) is 0 Å². The molecule has 2 aromatic heterocycles. The molecule has 1 atom stereocenters. The zero-order valence-electron chi connectivity index (χ0n) is 8.93. The van der Waals surface area contributed by atoms with Crippen molar-refractivity contribution < 1.29 is 9.90 Å². The molecule has 1 unspecified atom stereocenters. The minimum absolute atomic E-state index is 0.355. The third-order valence-corrected chi connectivity index (χ3v) is 4.21. The molecule has 0 fully saturated rings. The molecule has 1 aliphatic carbocycles. The van der Waals surface area contributed by atoms with E-state index in [0.717, 1.165) is 35.6 Å². The molecule has 16 heavy (non-hydrogen) atoms. The van der Waals surface area contributed by atoms with E-state index in [1.54, 1.807) is 11.3 Å². The fourth-order valence-corrected chi connectivity index (χ4v) is 3.65. The van der Waals surface area contributed by atoms with Crippen LogP contribution in [0.3, 0.4) is 0 Å². The summed E-state index contributed by atoms with van der Waals surface area (Å²) in [5.41, 5.74) is 1.91. The highest BCUT2D eigenvalue weighted by atomic mass is 32.1. The van der Waals surface area contributed by atoms with Crippen LogP contribution in [0.2, 0.25) is 0 Å². The van der Waals surface area contributed by atoms with Crippen LogP contribution >= 0.6 is 11.3 Å². The second-order valence-electron chi connectivity index (χ2n) is 4.23. The number of nitrogens with zero attached hydrogens (tertiary/aromatic N) is 2. The lowest BCUT2D eigenvalue weighted by Crippen LogP contribution is -2.18. The first-order valence-corrected chi connectivity index (χ1v) is 6.18. The highest BCUT2D eigenvalue weighted by Crippen LogP contribution is 2.37. The summed E-state index contributed by atoms with van der Waals surface area (Å²) in [4.78, 5) is 17.8. The fourth-order valence-electron chi connectivity index (χ4n) is 2.40. The van der Waals surface area contributed by atoms with E-state index in [1.165, 1.54) is 4.88 Å². The van der Waals surface area contributed by atoms with Gasteiger partial charge >= 0.3 is 5.97 Å². The van der Waals surface area contributed by atoms with Gasteiger partial charge in [0.25, 0.3) is 0 Å². The van der Waals surface area contributed by atoms with Crippen molar-refractivity contribution in [3.63, 3.8) is 0 Å². The van der Waals surface area contributed by atoms with Crippen molar-refractivity contribution in [2.75, 3.05) is 0 Å². The molecule has 2 aromatic rings. The van der Waals surface area contributed by atoms with Gasteiger partial charge < -0.3 is 5.11 Å². The number of carboxylic acids is 1. The second kappa shape index (κ2) is 3.31. The summed E-state index contributed by atoms with van der Waals surface area (Å²) in [7, 11) is 0. The molecule has 0 aliphatic heterocycles. The zero-order chi connectivity index (χ0) is 11.3. The number of carbonyl (C=O) groups is 1. The van der Waals surface area contributed by atoms with E-state index in [1.807, 2.05) is 17.5 Å². The summed E-state index contributed by atoms with van der Waals surface area (Å²) in [6.07, 6.45) is 4.64. The predicted molar refractivity (Wildman–Crippen MR) is 61.1 cm³/mol. The van der Waals surface area contributed by atoms with Gasteiger partial charge in [0.2, 0.25) is 0 Å². The monoisotopic (exact) mass is 236 g/mol. The highest BCUT2D eigenvalue weighted by Gasteiger charge is 2.30. The molecular formula is C11H12N2O2S. The topological polar surface area (TPSA) is 54.6 Å². The lowest BCUT2D eigenvalue weighted by molar-refractivity contribution is -0.139. The number of aryl methyl sites for hydroxylation is 2. The summed E-state index contributed by atoms with van der Waals surface area (Å²) in [5, 5.41) is 9.24. The van der Waals surface area contributed by atoms with Gasteiger partial charge in [0.15, 0.2) is 4.96 Å². The smallest absolute Gasteiger partial charge is 0.312 e. The Hall–Kier alpha value is -1.36. The van der Waals surface area contributed by atoms with Gasteiger partial charge in [-0.2, -0.15) is 0 Å². The number of aromatic nitrogens is 2. The van der Waals surface area contributed by atoms with Crippen LogP contribution in [0, 0.1) is 6.92 Å². The largest absolute Gasteiger partial charge is 0.481 e. The lowest BCUT2D eigenvalue weighted by atomic mass is 9.91. The standard InChI is InChI=1S/C11H12N2O2S/c1-6-5-13-9-7(10(14)15)3-2-4-8(9)16-11(13)12-6/h5,7H,2-4H2,1H3,(H,14,15). The van der Waals surface area contributed by atoms with Crippen LogP contribution in [-0.2, 0) is 11.2 Å². The minimum Gasteiger partial charge on any atom is -0.481 e. The van der Waals surface area contributed by atoms with E-state index in [0.29, 0.717) is 0 Å². The molecule has 2 heterocycles. The van der Waals surface area contributed by atoms with Crippen molar-refractivity contribution in [3.8, 4) is 0 Å². The number of rotatable bonds is 1. The van der Waals surface area contributed by atoms with Gasteiger partial charge in [-0.3, -0.25) is 9.20 Å². The number of hydrogen-bond acceptors (Lipinski definition) is 3. The molecule has 0 bridgehead atoms. The predicted octanol–water partition coefficient (Wildman–Crippen LogP) is 2.21. The van der Waals surface area contributed by atoms with E-state index in [4.69, 9.17) is 0 Å². The Morgan fingerprint density at radius 2 is 2.50 bits per heavy atom. The van der Waals surface area contributed by atoms with E-state index in [2.05, 4.69) is 4.98 Å². The van der Waals surface area contributed by atoms with Gasteiger partial charge in [0.1, 0.15) is 0 Å². The van der Waals surface area contributed by atoms with Crippen molar-refractivity contribution >= 4 is 22.3 Å². The Morgan fingerprint density at radius 3 is 3.25 bits per heavy atom. The molecular weight excluding hydrogens is 224 g/mol. The molecule has 0 radical (unpaired) electrons. The van der Waals surface area contributed by atoms with Gasteiger partial charge in [-0.05, 0) is 26.2 Å². The van der Waals surface area contributed by atoms with Crippen LogP contribution < -0.4 is 0 Å². The van der Waals surface area contributed by atoms with Gasteiger partial charge in [0.05, 0.1) is 17.3 Å². The minimum atomic E-state index is -0.716. The molecule has 0 spiro atoms. The first kappa shape index (κ1) is 9.84. The Kier molecular flexibility index (Phi) is 2.04. The number of fused-ring (bicyclic) bond motifs is 3. The number of aliphatic carboxylic acids is 1. The molecule has 1 aliphatic rings. The molecule has 5 heteroatoms. The summed E-state index contributed by atoms with van der Waals surface area (Å²) in [5.74, 6) is -1.07. The first-order valence-electron chi connectivity index (χ1n) is 5.37. The van der Waals surface area contributed by atoms with Crippen molar-refractivity contribution in [3.05, 3.63) is 22.5 Å². The number of thiazole rings is 1. The molecule has 4 nitrogen and oxygen atoms in total. The first-order chi connectivity index (χ1) is 7.66. The average molecular weight is 236 g/mol. The maximum atomic E-state index is 11.2. The zero-order valence-corrected chi connectivity index (χ0v) is 9.75. The van der Waals surface area contributed by atoms with Crippen LogP contribution in [-0.4, -0.2) is 20.5 Å². The highest BCUT2D eigenvalue weighted by molar-refractivity contribution is 7.17. The van der Waals surface area contributed by atoms with Gasteiger partial charge in [-0.25, -0.2) is 4.98 Å². The van der Waals surface area contributed by atoms with E-state index < -0.39 is 5.97 Å². The number of hydrogen-bond donors (Lipinski definition) is 1. The Morgan fingerprint density at radius 1 is 1.69 bits per heavy atom. The summed E-state index contributed by atoms with van der Waals surface area (Å²) >= 11 is 1.63. The Bertz CT molecular complexity index is 570. The van der Waals surface area contributed by atoms with Crippen LogP contribution in [0.25, 0.3) is 4.96 Å². The Labute approximate surface area is 96.5 Å². The second-order valence-corrected chi connectivity index (χ2v) is 5.29.